The van der Waals surface area contributed by atoms with Gasteiger partial charge in [0.2, 0.25) is 10.0 Å². The third-order valence-electron chi connectivity index (χ3n) is 4.20. The van der Waals surface area contributed by atoms with Gasteiger partial charge in [-0.1, -0.05) is 23.3 Å². The second-order valence-electron chi connectivity index (χ2n) is 5.99. The number of nitrogens with one attached hydrogen (secondary N) is 3. The first-order chi connectivity index (χ1) is 11.5. The van der Waals surface area contributed by atoms with Crippen LogP contribution in [0.5, 0.6) is 0 Å². The molecule has 1 unspecified atom stereocenters. The van der Waals surface area contributed by atoms with Gasteiger partial charge in [-0.05, 0) is 50.3 Å². The molecule has 1 aromatic rings. The summed E-state index contributed by atoms with van der Waals surface area (Å²) in [7, 11) is -3.77. The molecule has 0 spiro atoms. The second kappa shape index (κ2) is 7.13. The van der Waals surface area contributed by atoms with Gasteiger partial charge < -0.3 is 10.6 Å². The van der Waals surface area contributed by atoms with Crippen LogP contribution in [-0.2, 0) is 14.8 Å². The maximum Gasteiger partial charge on any atom is 0.258 e. The van der Waals surface area contributed by atoms with E-state index >= 15 is 0 Å². The zero-order valence-electron chi connectivity index (χ0n) is 13.1. The van der Waals surface area contributed by atoms with Crippen molar-refractivity contribution in [2.75, 3.05) is 11.9 Å². The molecule has 0 bridgehead atoms. The minimum absolute atomic E-state index is 0.0476. The van der Waals surface area contributed by atoms with E-state index in [1.807, 2.05) is 0 Å². The van der Waals surface area contributed by atoms with Crippen molar-refractivity contribution in [1.29, 1.82) is 0 Å². The average molecular weight is 370 g/mol. The number of anilines is 1. The summed E-state index contributed by atoms with van der Waals surface area (Å²) in [6, 6.07) is 4.50. The standard InChI is InChI=1S/C16H20ClN3O3S/c17-12-6-7-13-14(10-12)24(22,23)20-15(19-13)16(21)18-9-8-11-4-2-1-3-5-11/h4,6-7,10,15,19-20H,1-3,5,8-9H2,(H,18,21). The zero-order chi connectivity index (χ0) is 17.2. The summed E-state index contributed by atoms with van der Waals surface area (Å²) in [5, 5.41) is 6.00. The SMILES string of the molecule is O=C(NCCC1=CCCCC1)C1Nc2ccc(Cl)cc2S(=O)(=O)N1. The number of allylic oxidation sites excluding steroid dienone is 1. The molecule has 0 fully saturated rings. The van der Waals surface area contributed by atoms with Crippen molar-refractivity contribution in [3.63, 3.8) is 0 Å². The third-order valence-corrected chi connectivity index (χ3v) is 5.90. The van der Waals surface area contributed by atoms with Crippen molar-refractivity contribution < 1.29 is 13.2 Å². The van der Waals surface area contributed by atoms with E-state index in [0.29, 0.717) is 17.3 Å². The Hall–Kier alpha value is -1.57. The first kappa shape index (κ1) is 17.3. The van der Waals surface area contributed by atoms with Crippen molar-refractivity contribution in [3.05, 3.63) is 34.9 Å². The van der Waals surface area contributed by atoms with Crippen LogP contribution in [0.4, 0.5) is 5.69 Å². The minimum atomic E-state index is -3.77. The number of carbonyl (C=O) groups is 1. The van der Waals surface area contributed by atoms with Crippen LogP contribution in [0.15, 0.2) is 34.7 Å². The second-order valence-corrected chi connectivity index (χ2v) is 8.11. The molecule has 2 aliphatic rings. The maximum atomic E-state index is 12.3. The molecule has 24 heavy (non-hydrogen) atoms. The van der Waals surface area contributed by atoms with Gasteiger partial charge in [0.05, 0.1) is 5.69 Å². The molecule has 130 valence electrons. The highest BCUT2D eigenvalue weighted by Gasteiger charge is 2.33. The van der Waals surface area contributed by atoms with Crippen molar-refractivity contribution in [2.24, 2.45) is 0 Å². The van der Waals surface area contributed by atoms with Crippen LogP contribution >= 0.6 is 11.6 Å². The van der Waals surface area contributed by atoms with Crippen molar-refractivity contribution in [1.82, 2.24) is 10.0 Å². The number of benzene rings is 1. The highest BCUT2D eigenvalue weighted by molar-refractivity contribution is 7.89. The van der Waals surface area contributed by atoms with Crippen LogP contribution in [0.3, 0.4) is 0 Å². The van der Waals surface area contributed by atoms with Crippen LogP contribution < -0.4 is 15.4 Å². The molecular weight excluding hydrogens is 350 g/mol. The normalized spacial score (nSPS) is 22.0. The van der Waals surface area contributed by atoms with Gasteiger partial charge >= 0.3 is 0 Å². The molecule has 1 amide bonds. The Labute approximate surface area is 146 Å². The van der Waals surface area contributed by atoms with Gasteiger partial charge in [0.25, 0.3) is 5.91 Å². The molecule has 1 aliphatic carbocycles. The molecular formula is C16H20ClN3O3S. The summed E-state index contributed by atoms with van der Waals surface area (Å²) >= 11 is 5.84. The summed E-state index contributed by atoms with van der Waals surface area (Å²) < 4.78 is 26.9. The fourth-order valence-electron chi connectivity index (χ4n) is 2.94. The van der Waals surface area contributed by atoms with Gasteiger partial charge in [0.1, 0.15) is 4.90 Å². The van der Waals surface area contributed by atoms with Crippen LogP contribution in [0.1, 0.15) is 32.1 Å². The molecule has 0 saturated heterocycles. The summed E-state index contributed by atoms with van der Waals surface area (Å²) in [5.74, 6) is -0.393. The van der Waals surface area contributed by atoms with Crippen molar-refractivity contribution in [2.45, 2.75) is 43.2 Å². The van der Waals surface area contributed by atoms with Gasteiger partial charge in [-0.3, -0.25) is 4.79 Å². The molecule has 6 nitrogen and oxygen atoms in total. The van der Waals surface area contributed by atoms with Gasteiger partial charge in [0, 0.05) is 11.6 Å². The van der Waals surface area contributed by atoms with E-state index in [0.717, 1.165) is 19.3 Å². The molecule has 1 heterocycles. The quantitative estimate of drug-likeness (QED) is 0.711. The highest BCUT2D eigenvalue weighted by atomic mass is 35.5. The molecule has 8 heteroatoms. The lowest BCUT2D eigenvalue weighted by atomic mass is 9.97. The number of halogens is 1. The first-order valence-corrected chi connectivity index (χ1v) is 9.86. The predicted octanol–water partition coefficient (Wildman–Crippen LogP) is 2.38. The minimum Gasteiger partial charge on any atom is -0.360 e. The maximum absolute atomic E-state index is 12.3. The Morgan fingerprint density at radius 2 is 2.17 bits per heavy atom. The van der Waals surface area contributed by atoms with E-state index in [2.05, 4.69) is 21.4 Å². The Bertz CT molecular complexity index is 777. The third kappa shape index (κ3) is 3.91. The Balaban J connectivity index is 1.62. The van der Waals surface area contributed by atoms with E-state index < -0.39 is 22.1 Å². The zero-order valence-corrected chi connectivity index (χ0v) is 14.7. The molecule has 1 aromatic carbocycles. The molecule has 3 rings (SSSR count). The van der Waals surface area contributed by atoms with E-state index in [1.165, 1.54) is 24.5 Å². The fourth-order valence-corrected chi connectivity index (χ4v) is 4.48. The summed E-state index contributed by atoms with van der Waals surface area (Å²) in [4.78, 5) is 12.3. The molecule has 1 atom stereocenters. The van der Waals surface area contributed by atoms with Gasteiger partial charge in [-0.2, -0.15) is 4.72 Å². The Kier molecular flexibility index (Phi) is 5.12. The lowest BCUT2D eigenvalue weighted by Gasteiger charge is -2.27. The van der Waals surface area contributed by atoms with E-state index in [1.54, 1.807) is 12.1 Å². The summed E-state index contributed by atoms with van der Waals surface area (Å²) in [6.45, 7) is 0.498. The van der Waals surface area contributed by atoms with Crippen LogP contribution in [-0.4, -0.2) is 27.0 Å². The van der Waals surface area contributed by atoms with Crippen molar-refractivity contribution in [3.8, 4) is 0 Å². The molecule has 3 N–H and O–H groups in total. The van der Waals surface area contributed by atoms with Crippen molar-refractivity contribution >= 4 is 33.2 Å². The number of rotatable bonds is 4. The highest BCUT2D eigenvalue weighted by Crippen LogP contribution is 2.28. The largest absolute Gasteiger partial charge is 0.360 e. The van der Waals surface area contributed by atoms with Crippen LogP contribution in [0, 0.1) is 0 Å². The predicted molar refractivity (Wildman–Crippen MR) is 93.4 cm³/mol. The Morgan fingerprint density at radius 1 is 1.33 bits per heavy atom. The van der Waals surface area contributed by atoms with E-state index in [-0.39, 0.29) is 4.90 Å². The summed E-state index contributed by atoms with van der Waals surface area (Å²) in [6.07, 6.45) is 6.62. The van der Waals surface area contributed by atoms with Crippen LogP contribution in [0.25, 0.3) is 0 Å². The van der Waals surface area contributed by atoms with Crippen LogP contribution in [0.2, 0.25) is 5.02 Å². The van der Waals surface area contributed by atoms with E-state index in [4.69, 9.17) is 11.6 Å². The molecule has 0 radical (unpaired) electrons. The van der Waals surface area contributed by atoms with E-state index in [9.17, 15) is 13.2 Å². The van der Waals surface area contributed by atoms with Gasteiger partial charge in [0.15, 0.2) is 6.17 Å². The first-order valence-electron chi connectivity index (χ1n) is 8.00. The number of fused-ring (bicyclic) bond motifs is 1. The number of amides is 1. The lowest BCUT2D eigenvalue weighted by Crippen LogP contribution is -2.53. The monoisotopic (exact) mass is 369 g/mol. The average Bonchev–Trinajstić information content (AvgIpc) is 2.56. The lowest BCUT2D eigenvalue weighted by molar-refractivity contribution is -0.122. The number of hydrogen-bond donors (Lipinski definition) is 3. The molecule has 0 aromatic heterocycles. The summed E-state index contributed by atoms with van der Waals surface area (Å²) in [5.41, 5.74) is 1.73. The fraction of sp³-hybridized carbons (Fsp3) is 0.438. The number of hydrogen-bond acceptors (Lipinski definition) is 4. The Morgan fingerprint density at radius 3 is 2.92 bits per heavy atom. The number of sulfonamides is 1. The molecule has 1 aliphatic heterocycles. The number of carbonyl (C=O) groups excluding carboxylic acids is 1. The van der Waals surface area contributed by atoms with Gasteiger partial charge in [-0.15, -0.1) is 0 Å². The molecule has 0 saturated carbocycles. The topological polar surface area (TPSA) is 87.3 Å². The van der Waals surface area contributed by atoms with Gasteiger partial charge in [-0.25, -0.2) is 8.42 Å². The smallest absolute Gasteiger partial charge is 0.258 e.